The predicted octanol–water partition coefficient (Wildman–Crippen LogP) is 0.579. The highest BCUT2D eigenvalue weighted by Crippen LogP contribution is 1.78. The zero-order chi connectivity index (χ0) is 7.11. The van der Waals surface area contributed by atoms with E-state index in [1.807, 2.05) is 6.92 Å². The second kappa shape index (κ2) is 6.05. The average Bonchev–Trinajstić information content (AvgIpc) is 1.85. The van der Waals surface area contributed by atoms with Gasteiger partial charge in [0.1, 0.15) is 0 Å². The van der Waals surface area contributed by atoms with E-state index in [1.54, 1.807) is 0 Å². The average molecular weight is 131 g/mol. The van der Waals surface area contributed by atoms with Crippen molar-refractivity contribution in [3.63, 3.8) is 0 Å². The smallest absolute Gasteiger partial charge is 0.0768 e. The third-order valence-corrected chi connectivity index (χ3v) is 1.34. The zero-order valence-electron chi connectivity index (χ0n) is 6.44. The first-order valence-electron chi connectivity index (χ1n) is 3.83. The molecule has 0 saturated carbocycles. The number of nitrogens with one attached hydrogen (secondary N) is 1. The Morgan fingerprint density at radius 2 is 1.78 bits per heavy atom. The molecular formula is C7H17NO. The monoisotopic (exact) mass is 131 g/mol. The fraction of sp³-hybridized carbons (Fsp3) is 1.00. The lowest BCUT2D eigenvalue weighted by Crippen LogP contribution is -3.07. The van der Waals surface area contributed by atoms with Crippen LogP contribution in [0.3, 0.4) is 0 Å². The van der Waals surface area contributed by atoms with E-state index in [1.165, 1.54) is 0 Å². The SMILES string of the molecule is CCCC[NH+]([O-])CCC. The van der Waals surface area contributed by atoms with Crippen molar-refractivity contribution in [3.05, 3.63) is 5.21 Å². The number of hydrogen-bond acceptors (Lipinski definition) is 1. The molecule has 0 saturated heterocycles. The second-order valence-electron chi connectivity index (χ2n) is 2.39. The Kier molecular flexibility index (Phi) is 5.99. The molecule has 0 bridgehead atoms. The minimum absolute atomic E-state index is 0.430. The summed E-state index contributed by atoms with van der Waals surface area (Å²) in [5, 5.41) is 11.2. The van der Waals surface area contributed by atoms with Gasteiger partial charge in [0, 0.05) is 0 Å². The maximum Gasteiger partial charge on any atom is 0.0768 e. The first-order valence-corrected chi connectivity index (χ1v) is 3.83. The molecule has 0 aromatic carbocycles. The number of hydrogen-bond donors (Lipinski definition) is 1. The summed E-state index contributed by atoms with van der Waals surface area (Å²) in [6, 6.07) is 0. The van der Waals surface area contributed by atoms with Gasteiger partial charge in [-0.1, -0.05) is 20.3 Å². The molecule has 0 amide bonds. The molecule has 0 fully saturated rings. The molecule has 0 radical (unpaired) electrons. The molecule has 2 nitrogen and oxygen atoms in total. The van der Waals surface area contributed by atoms with Crippen LogP contribution in [-0.4, -0.2) is 13.1 Å². The molecule has 0 rings (SSSR count). The second-order valence-corrected chi connectivity index (χ2v) is 2.39. The first-order chi connectivity index (χ1) is 4.31. The van der Waals surface area contributed by atoms with Gasteiger partial charge in [-0.05, 0) is 12.8 Å². The van der Waals surface area contributed by atoms with E-state index < -0.39 is 0 Å². The molecule has 1 N–H and O–H groups in total. The summed E-state index contributed by atoms with van der Waals surface area (Å²) in [6.45, 7) is 5.73. The number of quaternary nitrogens is 1. The molecule has 0 aromatic rings. The summed E-state index contributed by atoms with van der Waals surface area (Å²) in [5.41, 5.74) is 0. The van der Waals surface area contributed by atoms with Crippen molar-refractivity contribution in [1.82, 2.24) is 0 Å². The molecule has 9 heavy (non-hydrogen) atoms. The summed E-state index contributed by atoms with van der Waals surface area (Å²) in [4.78, 5) is 0. The zero-order valence-corrected chi connectivity index (χ0v) is 6.44. The highest BCUT2D eigenvalue weighted by Gasteiger charge is 1.91. The third-order valence-electron chi connectivity index (χ3n) is 1.34. The van der Waals surface area contributed by atoms with Crippen LogP contribution in [0.4, 0.5) is 0 Å². The Bertz CT molecular complexity index is 56.9. The van der Waals surface area contributed by atoms with E-state index in [0.29, 0.717) is 5.06 Å². The lowest BCUT2D eigenvalue weighted by Gasteiger charge is -2.20. The van der Waals surface area contributed by atoms with E-state index in [4.69, 9.17) is 0 Å². The van der Waals surface area contributed by atoms with Crippen LogP contribution in [0, 0.1) is 5.21 Å². The predicted molar refractivity (Wildman–Crippen MR) is 39.3 cm³/mol. The van der Waals surface area contributed by atoms with Crippen molar-refractivity contribution in [2.75, 3.05) is 13.1 Å². The first kappa shape index (κ1) is 8.92. The molecule has 0 aliphatic heterocycles. The Balaban J connectivity index is 2.95. The molecular weight excluding hydrogens is 114 g/mol. The Morgan fingerprint density at radius 1 is 1.11 bits per heavy atom. The van der Waals surface area contributed by atoms with Crippen LogP contribution < -0.4 is 5.06 Å². The molecule has 0 aromatic heterocycles. The summed E-state index contributed by atoms with van der Waals surface area (Å²) in [5.74, 6) is 0. The lowest BCUT2D eigenvalue weighted by atomic mass is 10.3. The van der Waals surface area contributed by atoms with Crippen molar-refractivity contribution in [2.24, 2.45) is 0 Å². The van der Waals surface area contributed by atoms with E-state index in [2.05, 4.69) is 6.92 Å². The topological polar surface area (TPSA) is 27.5 Å². The maximum atomic E-state index is 10.8. The summed E-state index contributed by atoms with van der Waals surface area (Å²) in [6.07, 6.45) is 3.21. The van der Waals surface area contributed by atoms with Crippen molar-refractivity contribution in [1.29, 1.82) is 0 Å². The summed E-state index contributed by atoms with van der Waals surface area (Å²) in [7, 11) is 0. The van der Waals surface area contributed by atoms with Gasteiger partial charge in [-0.25, -0.2) is 0 Å². The summed E-state index contributed by atoms with van der Waals surface area (Å²) < 4.78 is 0. The van der Waals surface area contributed by atoms with Gasteiger partial charge < -0.3 is 10.3 Å². The van der Waals surface area contributed by atoms with Crippen LogP contribution >= 0.6 is 0 Å². The van der Waals surface area contributed by atoms with Crippen molar-refractivity contribution >= 4 is 0 Å². The standard InChI is InChI=1S/C7H17NO/c1-3-5-7-8(9)6-4-2/h8H,3-7H2,1-2H3. The lowest BCUT2D eigenvalue weighted by molar-refractivity contribution is -0.848. The molecule has 0 heterocycles. The Labute approximate surface area is 57.4 Å². The van der Waals surface area contributed by atoms with Gasteiger partial charge in [-0.3, -0.25) is 0 Å². The quantitative estimate of drug-likeness (QED) is 0.543. The minimum Gasteiger partial charge on any atom is -0.634 e. The van der Waals surface area contributed by atoms with Crippen LogP contribution in [0.1, 0.15) is 33.1 Å². The fourth-order valence-electron chi connectivity index (χ4n) is 0.778. The molecule has 2 heteroatoms. The maximum absolute atomic E-state index is 10.8. The summed E-state index contributed by atoms with van der Waals surface area (Å²) >= 11 is 0. The van der Waals surface area contributed by atoms with Crippen LogP contribution in [-0.2, 0) is 0 Å². The van der Waals surface area contributed by atoms with E-state index >= 15 is 0 Å². The molecule has 0 aliphatic carbocycles. The van der Waals surface area contributed by atoms with E-state index in [-0.39, 0.29) is 0 Å². The van der Waals surface area contributed by atoms with Gasteiger partial charge >= 0.3 is 0 Å². The van der Waals surface area contributed by atoms with Crippen molar-refractivity contribution < 1.29 is 5.06 Å². The van der Waals surface area contributed by atoms with Crippen LogP contribution in [0.15, 0.2) is 0 Å². The largest absolute Gasteiger partial charge is 0.634 e. The molecule has 1 atom stereocenters. The van der Waals surface area contributed by atoms with E-state index in [9.17, 15) is 5.21 Å². The molecule has 56 valence electrons. The van der Waals surface area contributed by atoms with Gasteiger partial charge in [0.2, 0.25) is 0 Å². The van der Waals surface area contributed by atoms with Crippen LogP contribution in [0.25, 0.3) is 0 Å². The normalized spacial score (nSPS) is 13.7. The number of hydroxylamine groups is 2. The van der Waals surface area contributed by atoms with Crippen LogP contribution in [0.2, 0.25) is 0 Å². The number of unbranched alkanes of at least 4 members (excludes halogenated alkanes) is 1. The Morgan fingerprint density at radius 3 is 2.22 bits per heavy atom. The molecule has 0 aliphatic rings. The highest BCUT2D eigenvalue weighted by atomic mass is 16.5. The van der Waals surface area contributed by atoms with Gasteiger partial charge in [-0.15, -0.1) is 0 Å². The van der Waals surface area contributed by atoms with Crippen molar-refractivity contribution in [3.8, 4) is 0 Å². The van der Waals surface area contributed by atoms with Gasteiger partial charge in [0.15, 0.2) is 0 Å². The fourth-order valence-corrected chi connectivity index (χ4v) is 0.778. The minimum atomic E-state index is 0.430. The Hall–Kier alpha value is -0.0800. The third kappa shape index (κ3) is 5.80. The van der Waals surface area contributed by atoms with Gasteiger partial charge in [0.25, 0.3) is 0 Å². The number of rotatable bonds is 5. The molecule has 0 spiro atoms. The molecule has 1 unspecified atom stereocenters. The van der Waals surface area contributed by atoms with Crippen molar-refractivity contribution in [2.45, 2.75) is 33.1 Å². The van der Waals surface area contributed by atoms with Crippen LogP contribution in [0.5, 0.6) is 0 Å². The van der Waals surface area contributed by atoms with Gasteiger partial charge in [0.05, 0.1) is 13.1 Å². The van der Waals surface area contributed by atoms with Gasteiger partial charge in [-0.2, -0.15) is 0 Å². The van der Waals surface area contributed by atoms with E-state index in [0.717, 1.165) is 32.4 Å². The highest BCUT2D eigenvalue weighted by molar-refractivity contribution is 4.30.